The molecule has 0 N–H and O–H groups in total. The van der Waals surface area contributed by atoms with E-state index in [0.717, 1.165) is 10.0 Å². The van der Waals surface area contributed by atoms with Crippen molar-refractivity contribution in [3.63, 3.8) is 0 Å². The van der Waals surface area contributed by atoms with Gasteiger partial charge in [0.2, 0.25) is 0 Å². The summed E-state index contributed by atoms with van der Waals surface area (Å²) in [4.78, 5) is 14.7. The molecule has 0 bridgehead atoms. The van der Waals surface area contributed by atoms with Crippen LogP contribution in [0.25, 0.3) is 5.53 Å². The van der Waals surface area contributed by atoms with E-state index < -0.39 is 12.1 Å². The molecular formula is C19H19BrN2O4. The molecule has 0 aliphatic rings. The van der Waals surface area contributed by atoms with Crippen molar-refractivity contribution >= 4 is 27.6 Å². The van der Waals surface area contributed by atoms with Crippen molar-refractivity contribution in [2.24, 2.45) is 0 Å². The Morgan fingerprint density at radius 2 is 1.85 bits per heavy atom. The van der Waals surface area contributed by atoms with E-state index in [4.69, 9.17) is 15.0 Å². The molecule has 0 saturated carbocycles. The molecule has 7 heteroatoms. The second-order valence-corrected chi connectivity index (χ2v) is 6.34. The molecule has 0 spiro atoms. The number of benzene rings is 2. The van der Waals surface area contributed by atoms with Crippen LogP contribution in [-0.4, -0.2) is 36.3 Å². The van der Waals surface area contributed by atoms with Gasteiger partial charge in [-0.2, -0.15) is 4.79 Å². The number of hydrogen-bond donors (Lipinski definition) is 0. The number of carbonyl (C=O) groups is 1. The largest absolute Gasteiger partial charge is 0.491 e. The van der Waals surface area contributed by atoms with Gasteiger partial charge in [-0.25, -0.2) is 4.79 Å². The van der Waals surface area contributed by atoms with E-state index >= 15 is 0 Å². The zero-order valence-corrected chi connectivity index (χ0v) is 15.9. The van der Waals surface area contributed by atoms with Gasteiger partial charge in [-0.05, 0) is 29.8 Å². The highest BCUT2D eigenvalue weighted by Gasteiger charge is 2.27. The Morgan fingerprint density at radius 1 is 1.15 bits per heavy atom. The molecule has 26 heavy (non-hydrogen) atoms. The second kappa shape index (κ2) is 10.5. The highest BCUT2D eigenvalue weighted by molar-refractivity contribution is 9.10. The molecule has 1 atom stereocenters. The second-order valence-electron chi connectivity index (χ2n) is 5.43. The lowest BCUT2D eigenvalue weighted by molar-refractivity contribution is -0.138. The Kier molecular flexibility index (Phi) is 8.02. The third kappa shape index (κ3) is 6.44. The van der Waals surface area contributed by atoms with Gasteiger partial charge in [-0.3, -0.25) is 0 Å². The van der Waals surface area contributed by atoms with Gasteiger partial charge in [-0.15, -0.1) is 0 Å². The van der Waals surface area contributed by atoms with Gasteiger partial charge in [0.15, 0.2) is 0 Å². The van der Waals surface area contributed by atoms with Crippen LogP contribution in [0.15, 0.2) is 59.1 Å². The maximum absolute atomic E-state index is 11.6. The van der Waals surface area contributed by atoms with Crippen LogP contribution in [0, 0.1) is 0 Å². The lowest BCUT2D eigenvalue weighted by Gasteiger charge is -2.17. The third-order valence-electron chi connectivity index (χ3n) is 3.54. The molecule has 0 aliphatic heterocycles. The quantitative estimate of drug-likeness (QED) is 0.269. The Balaban J connectivity index is 2.02. The number of rotatable bonds is 9. The lowest BCUT2D eigenvalue weighted by Crippen LogP contribution is -2.29. The van der Waals surface area contributed by atoms with Crippen LogP contribution in [0.4, 0.5) is 0 Å². The van der Waals surface area contributed by atoms with E-state index in [1.54, 1.807) is 0 Å². The first-order valence-corrected chi connectivity index (χ1v) is 8.74. The SMILES string of the molecule is COC(=O)C(CC(COc1ccccc1)OCc1ccc(Br)cc1)=[N+]=[N-]. The summed E-state index contributed by atoms with van der Waals surface area (Å²) in [6.45, 7) is 0.520. The third-order valence-corrected chi connectivity index (χ3v) is 4.07. The van der Waals surface area contributed by atoms with Crippen molar-refractivity contribution in [3.05, 3.63) is 70.2 Å². The average Bonchev–Trinajstić information content (AvgIpc) is 2.69. The molecule has 0 amide bonds. The lowest BCUT2D eigenvalue weighted by atomic mass is 10.1. The van der Waals surface area contributed by atoms with Crippen molar-refractivity contribution in [1.29, 1.82) is 0 Å². The molecule has 0 aromatic heterocycles. The van der Waals surface area contributed by atoms with E-state index in [-0.39, 0.29) is 18.7 Å². The fourth-order valence-corrected chi connectivity index (χ4v) is 2.43. The minimum atomic E-state index is -0.704. The first kappa shape index (κ1) is 19.8. The summed E-state index contributed by atoms with van der Waals surface area (Å²) in [6.07, 6.45) is -0.434. The van der Waals surface area contributed by atoms with Crippen LogP contribution in [0.5, 0.6) is 5.75 Å². The van der Waals surface area contributed by atoms with Crippen LogP contribution in [0.1, 0.15) is 12.0 Å². The summed E-state index contributed by atoms with van der Waals surface area (Å²) in [5, 5.41) is 0. The van der Waals surface area contributed by atoms with Crippen molar-refractivity contribution in [1.82, 2.24) is 0 Å². The van der Waals surface area contributed by atoms with Gasteiger partial charge in [0, 0.05) is 4.47 Å². The van der Waals surface area contributed by atoms with Gasteiger partial charge < -0.3 is 19.7 Å². The van der Waals surface area contributed by atoms with Crippen molar-refractivity contribution in [3.8, 4) is 5.75 Å². The predicted molar refractivity (Wildman–Crippen MR) is 99.9 cm³/mol. The highest BCUT2D eigenvalue weighted by atomic mass is 79.9. The zero-order chi connectivity index (χ0) is 18.8. The van der Waals surface area contributed by atoms with Gasteiger partial charge >= 0.3 is 11.7 Å². The number of esters is 1. The number of ether oxygens (including phenoxy) is 3. The van der Waals surface area contributed by atoms with E-state index in [1.807, 2.05) is 54.6 Å². The minimum absolute atomic E-state index is 0.0620. The van der Waals surface area contributed by atoms with Crippen molar-refractivity contribution in [2.45, 2.75) is 19.1 Å². The molecule has 0 radical (unpaired) electrons. The number of hydrogen-bond acceptors (Lipinski definition) is 4. The maximum atomic E-state index is 11.6. The fourth-order valence-electron chi connectivity index (χ4n) is 2.17. The molecule has 2 aromatic carbocycles. The zero-order valence-electron chi connectivity index (χ0n) is 14.3. The molecular weight excluding hydrogens is 400 g/mol. The summed E-state index contributed by atoms with van der Waals surface area (Å²) in [5.74, 6) is -0.0188. The highest BCUT2D eigenvalue weighted by Crippen LogP contribution is 2.14. The summed E-state index contributed by atoms with van der Waals surface area (Å²) in [6, 6.07) is 17.0. The predicted octanol–water partition coefficient (Wildman–Crippen LogP) is 3.65. The Labute approximate surface area is 160 Å². The topological polar surface area (TPSA) is 81.2 Å². The van der Waals surface area contributed by atoms with Gasteiger partial charge in [0.25, 0.3) is 0 Å². The van der Waals surface area contributed by atoms with E-state index in [1.165, 1.54) is 7.11 Å². The van der Waals surface area contributed by atoms with Gasteiger partial charge in [0.1, 0.15) is 18.5 Å². The van der Waals surface area contributed by atoms with Gasteiger partial charge in [-0.1, -0.05) is 46.3 Å². The van der Waals surface area contributed by atoms with Crippen LogP contribution in [-0.2, 0) is 20.9 Å². The number of carbonyl (C=O) groups excluding carboxylic acids is 1. The Morgan fingerprint density at radius 3 is 2.46 bits per heavy atom. The van der Waals surface area contributed by atoms with E-state index in [0.29, 0.717) is 12.4 Å². The van der Waals surface area contributed by atoms with Gasteiger partial charge in [0.05, 0.1) is 20.1 Å². The van der Waals surface area contributed by atoms with Crippen LogP contribution >= 0.6 is 15.9 Å². The molecule has 0 aliphatic carbocycles. The molecule has 6 nitrogen and oxygen atoms in total. The molecule has 0 fully saturated rings. The standard InChI is InChI=1S/C19H19BrN2O4/c1-24-19(23)18(22-21)11-17(13-26-16-5-3-2-4-6-16)25-12-14-7-9-15(20)10-8-14/h2-10,17H,11-13H2,1H3. The molecule has 1 unspecified atom stereocenters. The maximum Gasteiger partial charge on any atom is 0.416 e. The summed E-state index contributed by atoms with van der Waals surface area (Å²) in [7, 11) is 1.23. The number of nitrogens with zero attached hydrogens (tertiary/aromatic N) is 2. The summed E-state index contributed by atoms with van der Waals surface area (Å²) >= 11 is 3.39. The van der Waals surface area contributed by atoms with Crippen molar-refractivity contribution < 1.29 is 23.8 Å². The summed E-state index contributed by atoms with van der Waals surface area (Å²) in [5.41, 5.74) is 9.91. The first-order valence-electron chi connectivity index (χ1n) is 7.95. The molecule has 0 saturated heterocycles. The average molecular weight is 419 g/mol. The minimum Gasteiger partial charge on any atom is -0.491 e. The monoisotopic (exact) mass is 418 g/mol. The molecule has 2 rings (SSSR count). The van der Waals surface area contributed by atoms with Crippen molar-refractivity contribution in [2.75, 3.05) is 13.7 Å². The van der Waals surface area contributed by atoms with Crippen LogP contribution < -0.4 is 4.74 Å². The van der Waals surface area contributed by atoms with Crippen LogP contribution in [0.2, 0.25) is 0 Å². The van der Waals surface area contributed by atoms with E-state index in [9.17, 15) is 4.79 Å². The normalized spacial score (nSPS) is 11.3. The molecule has 2 aromatic rings. The van der Waals surface area contributed by atoms with Crippen LogP contribution in [0.3, 0.4) is 0 Å². The fraction of sp³-hybridized carbons (Fsp3) is 0.263. The Bertz CT molecular complexity index is 759. The first-order chi connectivity index (χ1) is 12.6. The van der Waals surface area contributed by atoms with E-state index in [2.05, 4.69) is 25.5 Å². The number of methoxy groups -OCH3 is 1. The summed E-state index contributed by atoms with van der Waals surface area (Å²) < 4.78 is 17.2. The molecule has 136 valence electrons. The number of para-hydroxylation sites is 1. The Hall–Kier alpha value is -2.47. The number of halogens is 1. The smallest absolute Gasteiger partial charge is 0.416 e. The molecule has 0 heterocycles.